The average molecular weight is 744 g/mol. The Morgan fingerprint density at radius 2 is 1.56 bits per heavy atom. The summed E-state index contributed by atoms with van der Waals surface area (Å²) in [5.74, 6) is -17.7. The Kier molecular flexibility index (Phi) is 12.5. The van der Waals surface area contributed by atoms with Crippen LogP contribution < -0.4 is 0 Å². The number of nitrogens with zero attached hydrogens (tertiary/aromatic N) is 4. The van der Waals surface area contributed by atoms with Crippen LogP contribution in [-0.4, -0.2) is 76.3 Å². The third-order valence-corrected chi connectivity index (χ3v) is 8.44. The maximum absolute atomic E-state index is 15.1. The van der Waals surface area contributed by atoms with Crippen molar-refractivity contribution in [1.29, 1.82) is 0 Å². The minimum absolute atomic E-state index is 0. The monoisotopic (exact) mass is 743 g/mol. The number of para-hydroxylation sites is 1. The largest absolute Gasteiger partial charge is 0.625 e. The number of carbonyl (C=O) groups is 4. The molecule has 2 heterocycles. The molecular formula is C34H30F5N4NiO6-. The van der Waals surface area contributed by atoms with Gasteiger partial charge in [0.2, 0.25) is 11.7 Å². The first-order chi connectivity index (χ1) is 23.4. The Morgan fingerprint density at radius 3 is 2.18 bits per heavy atom. The van der Waals surface area contributed by atoms with E-state index in [9.17, 15) is 37.5 Å². The molecule has 3 amide bonds. The second-order valence-corrected chi connectivity index (χ2v) is 11.5. The number of imide groups is 1. The third kappa shape index (κ3) is 8.02. The van der Waals surface area contributed by atoms with Gasteiger partial charge in [0.1, 0.15) is 6.61 Å². The van der Waals surface area contributed by atoms with Crippen LogP contribution in [0.1, 0.15) is 48.8 Å². The van der Waals surface area contributed by atoms with E-state index in [1.54, 1.807) is 6.07 Å². The van der Waals surface area contributed by atoms with Crippen molar-refractivity contribution in [3.63, 3.8) is 0 Å². The fraction of sp³-hybridized carbons (Fsp3) is 0.324. The average Bonchev–Trinajstić information content (AvgIpc) is 3.74. The first-order valence-electron chi connectivity index (χ1n) is 15.3. The van der Waals surface area contributed by atoms with E-state index in [-0.39, 0.29) is 46.6 Å². The number of amides is 3. The van der Waals surface area contributed by atoms with Crippen LogP contribution in [0.3, 0.4) is 0 Å². The Hall–Kier alpha value is -4.69. The summed E-state index contributed by atoms with van der Waals surface area (Å²) in [6, 6.07) is 12.7. The van der Waals surface area contributed by atoms with E-state index in [0.717, 1.165) is 12.0 Å². The van der Waals surface area contributed by atoms with Crippen molar-refractivity contribution >= 4 is 35.3 Å². The quantitative estimate of drug-likeness (QED) is 0.0840. The van der Waals surface area contributed by atoms with Crippen molar-refractivity contribution in [3.8, 4) is 0 Å². The van der Waals surface area contributed by atoms with Crippen LogP contribution in [0.4, 0.5) is 32.4 Å². The number of carboxylic acids is 1. The molecule has 3 aromatic carbocycles. The molecule has 3 aromatic rings. The van der Waals surface area contributed by atoms with Crippen LogP contribution in [0, 0.1) is 29.1 Å². The van der Waals surface area contributed by atoms with E-state index >= 15 is 8.78 Å². The molecule has 0 radical (unpaired) electrons. The van der Waals surface area contributed by atoms with E-state index in [4.69, 9.17) is 0 Å². The van der Waals surface area contributed by atoms with E-state index in [1.165, 1.54) is 25.1 Å². The molecule has 0 saturated carbocycles. The molecular weight excluding hydrogens is 714 g/mol. The van der Waals surface area contributed by atoms with Gasteiger partial charge in [0.25, 0.3) is 0 Å². The van der Waals surface area contributed by atoms with Crippen molar-refractivity contribution in [2.75, 3.05) is 19.7 Å². The number of carboxylic acid groups (broad SMARTS) is 1. The molecule has 5 rings (SSSR count). The molecule has 2 fully saturated rings. The normalized spacial score (nSPS) is 17.6. The van der Waals surface area contributed by atoms with Gasteiger partial charge in [0.05, 0.1) is 18.5 Å². The number of carbonyl (C=O) groups excluding carboxylic acids is 3. The van der Waals surface area contributed by atoms with Gasteiger partial charge in [0.15, 0.2) is 29.3 Å². The van der Waals surface area contributed by atoms with Gasteiger partial charge in [-0.15, -0.1) is 5.69 Å². The van der Waals surface area contributed by atoms with Crippen molar-refractivity contribution in [1.82, 2.24) is 9.80 Å². The molecule has 3 atom stereocenters. The first kappa shape index (κ1) is 38.1. The Balaban J connectivity index is 0.00000562. The number of hydrogen-bond donors (Lipinski definition) is 1. The third-order valence-electron chi connectivity index (χ3n) is 8.44. The number of aliphatic imine (C=N–C) groups is 1. The summed E-state index contributed by atoms with van der Waals surface area (Å²) in [7, 11) is 0. The summed E-state index contributed by atoms with van der Waals surface area (Å²) in [5.41, 5.74) is -0.481. The number of cyclic esters (lactones) is 1. The molecule has 50 heavy (non-hydrogen) atoms. The predicted molar refractivity (Wildman–Crippen MR) is 165 cm³/mol. The number of aliphatic carboxylic acids is 1. The van der Waals surface area contributed by atoms with Gasteiger partial charge in [-0.2, -0.15) is 0 Å². The SMILES string of the molecule is CC(=N[C@H](C(=O)O)[C@H](CC(=O)N1CCOC1=O)c1c(F)c(F)c(F)c(F)c1F)c1ccccc1[N-]C(=O)[C@@H]1CCCN1Cc1ccccc1.[Ni]. The molecule has 2 aliphatic rings. The van der Waals surface area contributed by atoms with Crippen LogP contribution in [-0.2, 0) is 42.2 Å². The molecule has 2 saturated heterocycles. The number of ether oxygens (including phenoxy) is 1. The van der Waals surface area contributed by atoms with Crippen LogP contribution in [0.25, 0.3) is 5.32 Å². The number of benzene rings is 3. The standard InChI is InChI=1S/C34H31F5N4O6.Ni/c1-18(20-10-5-6-11-22(20)41-32(45)23-12-7-13-42(23)17-19-8-3-2-4-9-19)40-31(33(46)47)21(16-24(44)43-14-15-49-34(43)48)25-26(35)28(37)30(39)29(38)27(25)36;/h2-6,8-11,21,23,31H,7,12-17H2,1H3,(H2,40,41,45,46,47);/p-1/t21-,23+,31+;/m1./s1. The number of likely N-dealkylation sites (tertiary alicyclic amines) is 1. The Morgan fingerprint density at radius 1 is 0.940 bits per heavy atom. The second kappa shape index (κ2) is 16.3. The van der Waals surface area contributed by atoms with Gasteiger partial charge < -0.3 is 20.0 Å². The van der Waals surface area contributed by atoms with Crippen molar-refractivity contribution < 1.29 is 67.5 Å². The van der Waals surface area contributed by atoms with Gasteiger partial charge in [0, 0.05) is 46.7 Å². The first-order valence-corrected chi connectivity index (χ1v) is 15.3. The number of halogens is 5. The Labute approximate surface area is 293 Å². The molecule has 0 spiro atoms. The summed E-state index contributed by atoms with van der Waals surface area (Å²) in [6.45, 7) is 1.98. The summed E-state index contributed by atoms with van der Waals surface area (Å²) in [4.78, 5) is 57.7. The molecule has 16 heteroatoms. The van der Waals surface area contributed by atoms with Crippen LogP contribution >= 0.6 is 0 Å². The predicted octanol–water partition coefficient (Wildman–Crippen LogP) is 5.99. The van der Waals surface area contributed by atoms with E-state index in [0.29, 0.717) is 24.4 Å². The number of hydrogen-bond acceptors (Lipinski definition) is 7. The second-order valence-electron chi connectivity index (χ2n) is 11.5. The molecule has 0 aliphatic carbocycles. The van der Waals surface area contributed by atoms with Crippen LogP contribution in [0.15, 0.2) is 59.6 Å². The van der Waals surface area contributed by atoms with Gasteiger partial charge in [-0.3, -0.25) is 14.7 Å². The van der Waals surface area contributed by atoms with Crippen molar-refractivity contribution in [2.45, 2.75) is 50.7 Å². The number of rotatable bonds is 11. The Bertz CT molecular complexity index is 1790. The molecule has 2 aliphatic heterocycles. The molecule has 268 valence electrons. The van der Waals surface area contributed by atoms with Gasteiger partial charge in [-0.1, -0.05) is 54.6 Å². The van der Waals surface area contributed by atoms with Crippen LogP contribution in [0.5, 0.6) is 0 Å². The molecule has 1 N–H and O–H groups in total. The minimum Gasteiger partial charge on any atom is -0.625 e. The topological polar surface area (TPSA) is 131 Å². The maximum atomic E-state index is 15.1. The summed E-state index contributed by atoms with van der Waals surface area (Å²) >= 11 is 0. The fourth-order valence-corrected chi connectivity index (χ4v) is 6.02. The molecule has 0 aromatic heterocycles. The van der Waals surface area contributed by atoms with Crippen molar-refractivity contribution in [3.05, 3.63) is 106 Å². The zero-order chi connectivity index (χ0) is 35.4. The van der Waals surface area contributed by atoms with Crippen molar-refractivity contribution in [2.24, 2.45) is 4.99 Å². The van der Waals surface area contributed by atoms with Gasteiger partial charge in [-0.25, -0.2) is 36.4 Å². The zero-order valence-electron chi connectivity index (χ0n) is 26.4. The van der Waals surface area contributed by atoms with Gasteiger partial charge >= 0.3 is 12.1 Å². The molecule has 0 bridgehead atoms. The fourth-order valence-electron chi connectivity index (χ4n) is 6.02. The van der Waals surface area contributed by atoms with E-state index in [1.807, 2.05) is 35.2 Å². The summed E-state index contributed by atoms with van der Waals surface area (Å²) in [5, 5.41) is 14.5. The molecule has 10 nitrogen and oxygen atoms in total. The van der Waals surface area contributed by atoms with E-state index in [2.05, 4.69) is 15.0 Å². The van der Waals surface area contributed by atoms with Crippen LogP contribution in [0.2, 0.25) is 0 Å². The summed E-state index contributed by atoms with van der Waals surface area (Å²) in [6.07, 6.45) is -1.01. The zero-order valence-corrected chi connectivity index (χ0v) is 27.3. The van der Waals surface area contributed by atoms with Gasteiger partial charge in [-0.05, 0) is 37.4 Å². The smallest absolute Gasteiger partial charge is 0.416 e. The minimum atomic E-state index is -2.48. The maximum Gasteiger partial charge on any atom is 0.416 e. The van der Waals surface area contributed by atoms with E-state index < -0.39 is 82.9 Å². The summed E-state index contributed by atoms with van der Waals surface area (Å²) < 4.78 is 77.6. The molecule has 0 unspecified atom stereocenters.